The van der Waals surface area contributed by atoms with Crippen molar-refractivity contribution >= 4 is 11.6 Å². The molecule has 2 rings (SSSR count). The van der Waals surface area contributed by atoms with Gasteiger partial charge in [0.2, 0.25) is 0 Å². The highest BCUT2D eigenvalue weighted by molar-refractivity contribution is 6.21. The van der Waals surface area contributed by atoms with Crippen molar-refractivity contribution in [2.75, 3.05) is 6.61 Å². The number of alkyl halides is 1. The molecule has 1 aromatic carbocycles. The van der Waals surface area contributed by atoms with Gasteiger partial charge in [0.15, 0.2) is 0 Å². The predicted molar refractivity (Wildman–Crippen MR) is 49.4 cm³/mol. The lowest BCUT2D eigenvalue weighted by Gasteiger charge is -2.26. The number of benzene rings is 1. The lowest BCUT2D eigenvalue weighted by molar-refractivity contribution is 0.0498. The van der Waals surface area contributed by atoms with E-state index < -0.39 is 0 Å². The van der Waals surface area contributed by atoms with Gasteiger partial charge in [0.25, 0.3) is 0 Å². The van der Waals surface area contributed by atoms with Crippen LogP contribution >= 0.6 is 11.6 Å². The van der Waals surface area contributed by atoms with Gasteiger partial charge in [-0.05, 0) is 18.6 Å². The first-order valence-corrected chi connectivity index (χ1v) is 4.67. The summed E-state index contributed by atoms with van der Waals surface area (Å²) in [6, 6.07) is 4.98. The molecule has 0 spiro atoms. The van der Waals surface area contributed by atoms with Gasteiger partial charge in [0.1, 0.15) is 5.82 Å². The Morgan fingerprint density at radius 1 is 1.54 bits per heavy atom. The second kappa shape index (κ2) is 3.28. The van der Waals surface area contributed by atoms with Crippen molar-refractivity contribution in [1.29, 1.82) is 0 Å². The molecule has 0 aromatic heterocycles. The average molecular weight is 201 g/mol. The summed E-state index contributed by atoms with van der Waals surface area (Å²) in [6.07, 6.45) is -0.189. The van der Waals surface area contributed by atoms with E-state index in [1.165, 1.54) is 6.07 Å². The molecule has 13 heavy (non-hydrogen) atoms. The molecule has 1 aliphatic rings. The minimum atomic E-state index is -0.227. The fourth-order valence-electron chi connectivity index (χ4n) is 1.66. The maximum Gasteiger partial charge on any atom is 0.129 e. The van der Waals surface area contributed by atoms with Gasteiger partial charge in [0.05, 0.1) is 18.1 Å². The predicted octanol–water partition coefficient (Wildman–Crippen LogP) is 3.20. The van der Waals surface area contributed by atoms with E-state index in [-0.39, 0.29) is 17.3 Å². The Balaban J connectivity index is 2.56. The highest BCUT2D eigenvalue weighted by atomic mass is 35.5. The number of ether oxygens (including phenoxy) is 1. The van der Waals surface area contributed by atoms with Crippen LogP contribution in [0.15, 0.2) is 18.2 Å². The molecular weight excluding hydrogens is 191 g/mol. The zero-order valence-electron chi connectivity index (χ0n) is 7.26. The first kappa shape index (κ1) is 8.97. The van der Waals surface area contributed by atoms with Crippen molar-refractivity contribution in [3.63, 3.8) is 0 Å². The van der Waals surface area contributed by atoms with Crippen LogP contribution in [0.2, 0.25) is 0 Å². The fraction of sp³-hybridized carbons (Fsp3) is 0.400. The molecule has 1 nitrogen and oxygen atoms in total. The lowest BCUT2D eigenvalue weighted by Crippen LogP contribution is -2.17. The van der Waals surface area contributed by atoms with Gasteiger partial charge in [-0.2, -0.15) is 0 Å². The molecule has 0 saturated heterocycles. The van der Waals surface area contributed by atoms with E-state index in [1.54, 1.807) is 6.07 Å². The molecular formula is C10H10ClFO. The van der Waals surface area contributed by atoms with Crippen molar-refractivity contribution in [1.82, 2.24) is 0 Å². The van der Waals surface area contributed by atoms with E-state index in [2.05, 4.69) is 0 Å². The molecule has 1 aromatic rings. The van der Waals surface area contributed by atoms with Crippen molar-refractivity contribution < 1.29 is 9.13 Å². The topological polar surface area (TPSA) is 9.23 Å². The summed E-state index contributed by atoms with van der Waals surface area (Å²) in [4.78, 5) is 0. The van der Waals surface area contributed by atoms with Crippen molar-refractivity contribution in [2.24, 2.45) is 0 Å². The summed E-state index contributed by atoms with van der Waals surface area (Å²) in [6.45, 7) is 2.30. The lowest BCUT2D eigenvalue weighted by atomic mass is 9.98. The van der Waals surface area contributed by atoms with E-state index >= 15 is 0 Å². The second-order valence-corrected chi connectivity index (χ2v) is 3.71. The monoisotopic (exact) mass is 200 g/mol. The van der Waals surface area contributed by atoms with E-state index in [4.69, 9.17) is 16.3 Å². The maximum absolute atomic E-state index is 13.4. The summed E-state index contributed by atoms with van der Waals surface area (Å²) in [5, 5.41) is -0.220. The molecule has 0 bridgehead atoms. The third-order valence-corrected chi connectivity index (χ3v) is 2.68. The van der Waals surface area contributed by atoms with Crippen LogP contribution in [0.4, 0.5) is 4.39 Å². The van der Waals surface area contributed by atoms with Crippen LogP contribution < -0.4 is 0 Å². The summed E-state index contributed by atoms with van der Waals surface area (Å²) < 4.78 is 18.7. The summed E-state index contributed by atoms with van der Waals surface area (Å²) >= 11 is 5.99. The largest absolute Gasteiger partial charge is 0.372 e. The first-order valence-electron chi connectivity index (χ1n) is 4.24. The average Bonchev–Trinajstić information content (AvgIpc) is 2.12. The first-order chi connectivity index (χ1) is 6.20. The zero-order valence-corrected chi connectivity index (χ0v) is 8.01. The van der Waals surface area contributed by atoms with E-state index in [0.717, 1.165) is 5.56 Å². The fourth-order valence-corrected chi connectivity index (χ4v) is 1.92. The number of rotatable bonds is 0. The van der Waals surface area contributed by atoms with Gasteiger partial charge in [0, 0.05) is 5.56 Å². The van der Waals surface area contributed by atoms with E-state index in [0.29, 0.717) is 12.2 Å². The van der Waals surface area contributed by atoms with Gasteiger partial charge >= 0.3 is 0 Å². The van der Waals surface area contributed by atoms with Crippen molar-refractivity contribution in [3.05, 3.63) is 35.1 Å². The molecule has 0 saturated carbocycles. The SMILES string of the molecule is CC1OCC(Cl)c2cccc(F)c21. The molecule has 70 valence electrons. The number of halogens is 2. The summed E-state index contributed by atoms with van der Waals surface area (Å²) in [5.74, 6) is -0.227. The van der Waals surface area contributed by atoms with Gasteiger partial charge in [-0.25, -0.2) is 4.39 Å². The van der Waals surface area contributed by atoms with Crippen LogP contribution in [0, 0.1) is 5.82 Å². The standard InChI is InChI=1S/C10H10ClFO/c1-6-10-7(8(11)5-13-6)3-2-4-9(10)12/h2-4,6,8H,5H2,1H3. The van der Waals surface area contributed by atoms with Gasteiger partial charge < -0.3 is 4.74 Å². The molecule has 0 aliphatic carbocycles. The van der Waals surface area contributed by atoms with Crippen molar-refractivity contribution in [2.45, 2.75) is 18.4 Å². The minimum absolute atomic E-state index is 0.189. The molecule has 2 atom stereocenters. The Hall–Kier alpha value is -0.600. The highest BCUT2D eigenvalue weighted by Crippen LogP contribution is 2.36. The van der Waals surface area contributed by atoms with Gasteiger partial charge in [-0.1, -0.05) is 12.1 Å². The number of hydrogen-bond acceptors (Lipinski definition) is 1. The molecule has 2 unspecified atom stereocenters. The Kier molecular flexibility index (Phi) is 2.26. The number of fused-ring (bicyclic) bond motifs is 1. The molecule has 1 heterocycles. The van der Waals surface area contributed by atoms with Crippen LogP contribution in [-0.2, 0) is 4.74 Å². The van der Waals surface area contributed by atoms with Crippen LogP contribution in [0.25, 0.3) is 0 Å². The Morgan fingerprint density at radius 2 is 2.31 bits per heavy atom. The zero-order chi connectivity index (χ0) is 9.42. The van der Waals surface area contributed by atoms with Crippen LogP contribution in [0.1, 0.15) is 29.5 Å². The van der Waals surface area contributed by atoms with E-state index in [9.17, 15) is 4.39 Å². The Labute approximate surface area is 81.5 Å². The van der Waals surface area contributed by atoms with Gasteiger partial charge in [-0.3, -0.25) is 0 Å². The molecule has 0 N–H and O–H groups in total. The summed E-state index contributed by atoms with van der Waals surface area (Å²) in [5.41, 5.74) is 1.47. The molecule has 3 heteroatoms. The molecule has 0 amide bonds. The molecule has 0 fully saturated rings. The highest BCUT2D eigenvalue weighted by Gasteiger charge is 2.26. The quantitative estimate of drug-likeness (QED) is 0.585. The van der Waals surface area contributed by atoms with E-state index in [1.807, 2.05) is 13.0 Å². The summed E-state index contributed by atoms with van der Waals surface area (Å²) in [7, 11) is 0. The van der Waals surface area contributed by atoms with Crippen molar-refractivity contribution in [3.8, 4) is 0 Å². The Morgan fingerprint density at radius 3 is 3.00 bits per heavy atom. The maximum atomic E-state index is 13.4. The second-order valence-electron chi connectivity index (χ2n) is 3.19. The van der Waals surface area contributed by atoms with Crippen LogP contribution in [0.5, 0.6) is 0 Å². The smallest absolute Gasteiger partial charge is 0.129 e. The molecule has 0 radical (unpaired) electrons. The van der Waals surface area contributed by atoms with Gasteiger partial charge in [-0.15, -0.1) is 11.6 Å². The Bertz CT molecular complexity index is 327. The normalized spacial score (nSPS) is 27.0. The molecule has 1 aliphatic heterocycles. The third-order valence-electron chi connectivity index (χ3n) is 2.32. The van der Waals surface area contributed by atoms with Crippen LogP contribution in [0.3, 0.4) is 0 Å². The minimum Gasteiger partial charge on any atom is -0.372 e. The third kappa shape index (κ3) is 1.45. The number of hydrogen-bond donors (Lipinski definition) is 0. The van der Waals surface area contributed by atoms with Crippen LogP contribution in [-0.4, -0.2) is 6.61 Å².